The first-order chi connectivity index (χ1) is 46.4. The Morgan fingerprint density at radius 2 is 0.932 bits per heavy atom. The number of rotatable bonds is 9. The van der Waals surface area contributed by atoms with Crippen molar-refractivity contribution in [3.63, 3.8) is 0 Å². The number of hydrogen-bond acceptors (Lipinski definition) is 9. The third kappa shape index (κ3) is 62.0. The van der Waals surface area contributed by atoms with E-state index in [0.717, 1.165) is 76.3 Å². The van der Waals surface area contributed by atoms with Gasteiger partial charge in [0.1, 0.15) is 5.60 Å². The highest BCUT2D eigenvalue weighted by molar-refractivity contribution is 5.77. The summed E-state index contributed by atoms with van der Waals surface area (Å²) in [5.41, 5.74) is 7.21. The van der Waals surface area contributed by atoms with E-state index in [1.807, 2.05) is 69.8 Å². The van der Waals surface area contributed by atoms with E-state index in [9.17, 15) is 14.4 Å². The van der Waals surface area contributed by atoms with Gasteiger partial charge in [-0.25, -0.2) is 0 Å². The highest BCUT2D eigenvalue weighted by Crippen LogP contribution is 2.39. The number of hydrogen-bond donors (Lipinski definition) is 0. The minimum Gasteiger partial charge on any atom is -0.460 e. The molecule has 103 heavy (non-hydrogen) atoms. The number of benzene rings is 1. The molecule has 0 radical (unpaired) electrons. The molecule has 4 heterocycles. The van der Waals surface area contributed by atoms with Crippen LogP contribution in [0.5, 0.6) is 0 Å². The van der Waals surface area contributed by atoms with Gasteiger partial charge in [-0.15, -0.1) is 0 Å². The molecular formula is C92H174N4O7. The third-order valence-corrected chi connectivity index (χ3v) is 18.8. The van der Waals surface area contributed by atoms with Crippen molar-refractivity contribution in [3.05, 3.63) is 77.6 Å². The lowest BCUT2D eigenvalue weighted by molar-refractivity contribution is -0.157. The number of carbonyl (C=O) groups excluding carboxylic acids is 3. The SMILES string of the molecule is C.CC(=O)N1CCC(C(C)(C)C)CC1.CC(C)(C)C1CCCCC1.CC(C)(C)C1CCCCC1.CC(C)(C)CC(=O)N1CCOCC1.CC(C)(C)CC(=O)OC(C)(C)C.CC(C)(C)Cc1ccccc1.CC(C)(C)Cc1cccnc1.CN1CC=C(C(C)(C)C)CC1.COCCOCCC(C)(C)C. The molecular weight excluding hydrogens is 1270 g/mol. The molecule has 4 fully saturated rings. The number of likely N-dealkylation sites (tertiary alicyclic amines) is 1. The zero-order valence-electron chi connectivity index (χ0n) is 73.7. The van der Waals surface area contributed by atoms with Gasteiger partial charge < -0.3 is 33.6 Å². The van der Waals surface area contributed by atoms with Crippen molar-refractivity contribution in [3.8, 4) is 0 Å². The number of likely N-dealkylation sites (N-methyl/N-ethyl adjacent to an activating group) is 1. The molecule has 1 aromatic heterocycles. The van der Waals surface area contributed by atoms with Gasteiger partial charge in [0.05, 0.1) is 32.8 Å². The van der Waals surface area contributed by atoms with Crippen LogP contribution in [-0.4, -0.2) is 130 Å². The van der Waals surface area contributed by atoms with Gasteiger partial charge in [0.25, 0.3) is 0 Å². The standard InChI is InChI=1S/C11H21NO.C11H16.C10H19NO2.C10H19N.C10H15N.C10H20O2.2C10H20.C9H20O2.CH4/c1-9(13)12-7-5-10(6-8-12)11(2,3)4;1-11(2,3)9-10-7-5-4-6-8-10;1-10(2,3)8-9(12)11-4-6-13-7-5-11;1-10(2,3)9-5-7-11(4)8-6-9;1-10(2,3)7-9-5-4-6-11-8-9;1-9(2,3)7-8(11)12-10(4,5)6;2*1-10(2,3)9-7-5-4-6-8-9;1-9(2,3)5-6-11-8-7-10-4;/h10H,5-8H2,1-4H3;4-8H,9H2,1-3H3;4-8H2,1-3H3;5H,6-8H2,1-4H3;4-6,8H,7H2,1-3H3;7H2,1-6H3;2*9H,4-8H2,1-3H3;5-8H2,1-4H3;1H4. The fraction of sp³-hybridized carbons (Fsp3) is 0.826. The molecule has 2 saturated heterocycles. The summed E-state index contributed by atoms with van der Waals surface area (Å²) in [6.45, 7) is 77.3. The molecule has 3 aliphatic heterocycles. The van der Waals surface area contributed by atoms with Gasteiger partial charge in [0.15, 0.2) is 0 Å². The highest BCUT2D eigenvalue weighted by atomic mass is 16.6. The van der Waals surface area contributed by atoms with E-state index in [0.29, 0.717) is 77.2 Å². The molecule has 0 unspecified atom stereocenters. The number of morpholine rings is 1. The summed E-state index contributed by atoms with van der Waals surface area (Å²) in [6, 6.07) is 14.7. The second-order valence-electron chi connectivity index (χ2n) is 41.3. The summed E-state index contributed by atoms with van der Waals surface area (Å²) >= 11 is 0. The fourth-order valence-corrected chi connectivity index (χ4v) is 12.6. The average molecular weight is 1450 g/mol. The number of carbonyl (C=O) groups is 3. The molecule has 0 atom stereocenters. The first-order valence-corrected chi connectivity index (χ1v) is 40.1. The van der Waals surface area contributed by atoms with Crippen LogP contribution >= 0.6 is 0 Å². The van der Waals surface area contributed by atoms with E-state index in [4.69, 9.17) is 18.9 Å². The Hall–Kier alpha value is -3.64. The van der Waals surface area contributed by atoms with E-state index >= 15 is 0 Å². The number of ether oxygens (including phenoxy) is 4. The maximum absolute atomic E-state index is 11.7. The molecule has 0 spiro atoms. The number of methoxy groups -OCH3 is 1. The summed E-state index contributed by atoms with van der Waals surface area (Å²) in [7, 11) is 3.86. The second-order valence-corrected chi connectivity index (χ2v) is 41.3. The Labute approximate surface area is 641 Å². The Kier molecular flexibility index (Phi) is 50.4. The lowest BCUT2D eigenvalue weighted by atomic mass is 9.72. The molecule has 2 amide bonds. The Bertz CT molecular complexity index is 2370. The van der Waals surface area contributed by atoms with Gasteiger partial charge in [0.2, 0.25) is 11.8 Å². The Morgan fingerprint density at radius 3 is 1.27 bits per heavy atom. The van der Waals surface area contributed by atoms with Crippen molar-refractivity contribution < 1.29 is 33.3 Å². The highest BCUT2D eigenvalue weighted by Gasteiger charge is 2.31. The topological polar surface area (TPSA) is 111 Å². The summed E-state index contributed by atoms with van der Waals surface area (Å²) < 4.78 is 20.5. The number of pyridine rings is 1. The number of aromatic nitrogens is 1. The molecule has 11 nitrogen and oxygen atoms in total. The molecule has 7 rings (SSSR count). The summed E-state index contributed by atoms with van der Waals surface area (Å²) in [5, 5.41) is 0. The van der Waals surface area contributed by atoms with Crippen LogP contribution < -0.4 is 0 Å². The number of esters is 1. The van der Waals surface area contributed by atoms with Crippen LogP contribution in [0.2, 0.25) is 0 Å². The van der Waals surface area contributed by atoms with Crippen LogP contribution in [-0.2, 0) is 46.2 Å². The van der Waals surface area contributed by atoms with E-state index in [2.05, 4.69) is 226 Å². The van der Waals surface area contributed by atoms with Crippen molar-refractivity contribution in [2.45, 2.75) is 343 Å². The minimum absolute atomic E-state index is 0. The molecule has 604 valence electrons. The largest absolute Gasteiger partial charge is 0.460 e. The predicted octanol–water partition coefficient (Wildman–Crippen LogP) is 24.5. The smallest absolute Gasteiger partial charge is 0.306 e. The van der Waals surface area contributed by atoms with E-state index in [1.165, 1.54) is 101 Å². The average Bonchev–Trinajstić information content (AvgIpc) is 0.876. The van der Waals surface area contributed by atoms with Crippen LogP contribution in [0.1, 0.15) is 336 Å². The first kappa shape index (κ1) is 104. The zero-order valence-corrected chi connectivity index (χ0v) is 73.7. The number of piperidine rings is 1. The molecule has 5 aliphatic rings. The predicted molar refractivity (Wildman–Crippen MR) is 448 cm³/mol. The lowest BCUT2D eigenvalue weighted by Gasteiger charge is -2.38. The molecule has 1 aromatic carbocycles. The normalized spacial score (nSPS) is 17.0. The lowest BCUT2D eigenvalue weighted by Crippen LogP contribution is -2.41. The van der Waals surface area contributed by atoms with E-state index < -0.39 is 0 Å². The quantitative estimate of drug-likeness (QED) is 0.138. The van der Waals surface area contributed by atoms with Crippen LogP contribution in [0.4, 0.5) is 0 Å². The fourth-order valence-electron chi connectivity index (χ4n) is 12.6. The van der Waals surface area contributed by atoms with Crippen LogP contribution in [0, 0.1) is 66.5 Å². The van der Waals surface area contributed by atoms with E-state index in [1.54, 1.807) is 19.6 Å². The van der Waals surface area contributed by atoms with Gasteiger partial charge in [-0.2, -0.15) is 0 Å². The van der Waals surface area contributed by atoms with Crippen LogP contribution in [0.25, 0.3) is 0 Å². The molecule has 0 N–H and O–H groups in total. The van der Waals surface area contributed by atoms with Crippen molar-refractivity contribution in [1.82, 2.24) is 19.7 Å². The number of nitrogens with zero attached hydrogens (tertiary/aromatic N) is 4. The molecule has 11 heteroatoms. The molecule has 2 saturated carbocycles. The van der Waals surface area contributed by atoms with Crippen LogP contribution in [0.15, 0.2) is 66.5 Å². The van der Waals surface area contributed by atoms with E-state index in [-0.39, 0.29) is 41.6 Å². The van der Waals surface area contributed by atoms with Crippen molar-refractivity contribution in [2.75, 3.05) is 86.5 Å². The zero-order chi connectivity index (χ0) is 79.0. The maximum Gasteiger partial charge on any atom is 0.306 e. The van der Waals surface area contributed by atoms with Gasteiger partial charge in [-0.3, -0.25) is 19.4 Å². The van der Waals surface area contributed by atoms with Crippen molar-refractivity contribution in [1.29, 1.82) is 0 Å². The second kappa shape index (κ2) is 50.1. The molecule has 2 aliphatic carbocycles. The number of amides is 2. The van der Waals surface area contributed by atoms with Crippen molar-refractivity contribution >= 4 is 17.8 Å². The van der Waals surface area contributed by atoms with Gasteiger partial charge in [-0.05, 0) is 176 Å². The molecule has 0 bridgehead atoms. The maximum atomic E-state index is 11.7. The summed E-state index contributed by atoms with van der Waals surface area (Å²) in [5.74, 6) is 3.16. The summed E-state index contributed by atoms with van der Waals surface area (Å²) in [6.07, 6.45) is 28.9. The summed E-state index contributed by atoms with van der Waals surface area (Å²) in [4.78, 5) is 44.3. The van der Waals surface area contributed by atoms with Gasteiger partial charge in [0, 0.05) is 78.7 Å². The Balaban J connectivity index is -0.00000109. The van der Waals surface area contributed by atoms with Gasteiger partial charge in [-0.1, -0.05) is 281 Å². The van der Waals surface area contributed by atoms with Crippen LogP contribution in [0.3, 0.4) is 0 Å². The monoisotopic (exact) mass is 1450 g/mol. The third-order valence-electron chi connectivity index (χ3n) is 18.8. The first-order valence-electron chi connectivity index (χ1n) is 40.1. The minimum atomic E-state index is -0.359. The van der Waals surface area contributed by atoms with Gasteiger partial charge >= 0.3 is 5.97 Å². The Morgan fingerprint density at radius 1 is 0.495 bits per heavy atom. The molecule has 2 aromatic rings. The van der Waals surface area contributed by atoms with Crippen molar-refractivity contribution in [2.24, 2.45) is 66.5 Å².